The van der Waals surface area contributed by atoms with E-state index < -0.39 is 17.6 Å². The molecule has 0 aromatic heterocycles. The van der Waals surface area contributed by atoms with E-state index in [0.29, 0.717) is 49.0 Å². The molecule has 0 aliphatic carbocycles. The van der Waals surface area contributed by atoms with Crippen LogP contribution in [0, 0.1) is 6.92 Å². The normalized spacial score (nSPS) is 13.6. The van der Waals surface area contributed by atoms with Crippen LogP contribution in [-0.2, 0) is 16.0 Å². The summed E-state index contributed by atoms with van der Waals surface area (Å²) in [5, 5.41) is 13.9. The molecule has 2 aromatic rings. The highest BCUT2D eigenvalue weighted by Gasteiger charge is 2.33. The number of amides is 2. The third-order valence-electron chi connectivity index (χ3n) is 5.17. The number of rotatable bonds is 10. The van der Waals surface area contributed by atoms with Crippen LogP contribution in [0.15, 0.2) is 53.8 Å². The first-order valence-electron chi connectivity index (χ1n) is 10.5. The van der Waals surface area contributed by atoms with E-state index in [1.807, 2.05) is 37.3 Å². The molecule has 0 saturated carbocycles. The Morgan fingerprint density at radius 2 is 1.88 bits per heavy atom. The highest BCUT2D eigenvalue weighted by molar-refractivity contribution is 6.42. The highest BCUT2D eigenvalue weighted by Crippen LogP contribution is 2.23. The second-order valence-corrected chi connectivity index (χ2v) is 8.49. The van der Waals surface area contributed by atoms with Gasteiger partial charge in [0.15, 0.2) is 5.76 Å². The number of benzene rings is 2. The van der Waals surface area contributed by atoms with Gasteiger partial charge in [0.05, 0.1) is 28.8 Å². The molecule has 0 spiro atoms. The highest BCUT2D eigenvalue weighted by atomic mass is 35.5. The molecule has 3 rings (SSSR count). The van der Waals surface area contributed by atoms with Crippen LogP contribution in [0.4, 0.5) is 0 Å². The molecule has 1 aliphatic rings. The van der Waals surface area contributed by atoms with Crippen molar-refractivity contribution < 1.29 is 19.4 Å². The minimum Gasteiger partial charge on any atom is -0.503 e. The number of hydrogen-bond acceptors (Lipinski definition) is 4. The maximum atomic E-state index is 12.4. The third kappa shape index (κ3) is 6.40. The van der Waals surface area contributed by atoms with Crippen LogP contribution < -0.4 is 10.1 Å². The Morgan fingerprint density at radius 1 is 1.12 bits per heavy atom. The van der Waals surface area contributed by atoms with Gasteiger partial charge in [0, 0.05) is 13.1 Å². The minimum absolute atomic E-state index is 0.0911. The number of ether oxygens (including phenoxy) is 1. The molecule has 1 heterocycles. The summed E-state index contributed by atoms with van der Waals surface area (Å²) >= 11 is 11.9. The first-order chi connectivity index (χ1) is 15.3. The zero-order valence-electron chi connectivity index (χ0n) is 17.9. The molecular formula is C24H26Cl2N2O4. The lowest BCUT2D eigenvalue weighted by Gasteiger charge is -2.16. The monoisotopic (exact) mass is 476 g/mol. The van der Waals surface area contributed by atoms with E-state index in [1.54, 1.807) is 12.1 Å². The number of carbonyl (C=O) groups is 2. The summed E-state index contributed by atoms with van der Waals surface area (Å²) in [6.45, 7) is 3.33. The predicted octanol–water partition coefficient (Wildman–Crippen LogP) is 4.47. The van der Waals surface area contributed by atoms with Gasteiger partial charge in [-0.1, -0.05) is 47.0 Å². The molecule has 6 nitrogen and oxygen atoms in total. The average Bonchev–Trinajstić information content (AvgIpc) is 3.06. The fraction of sp³-hybridized carbons (Fsp3) is 0.333. The number of hydrogen-bond donors (Lipinski definition) is 2. The van der Waals surface area contributed by atoms with E-state index in [0.717, 1.165) is 16.9 Å². The molecule has 0 saturated heterocycles. The quantitative estimate of drug-likeness (QED) is 0.495. The molecule has 32 heavy (non-hydrogen) atoms. The van der Waals surface area contributed by atoms with Crippen molar-refractivity contribution in [1.29, 1.82) is 0 Å². The van der Waals surface area contributed by atoms with Crippen LogP contribution in [0.1, 0.15) is 24.0 Å². The molecular weight excluding hydrogens is 451 g/mol. The van der Waals surface area contributed by atoms with E-state index in [-0.39, 0.29) is 12.1 Å². The Balaban J connectivity index is 1.39. The lowest BCUT2D eigenvalue weighted by molar-refractivity contribution is -0.127. The molecule has 0 atom stereocenters. The summed E-state index contributed by atoms with van der Waals surface area (Å²) in [6, 6.07) is 13.2. The second-order valence-electron chi connectivity index (χ2n) is 7.68. The molecule has 2 amide bonds. The molecule has 2 aromatic carbocycles. The first kappa shape index (κ1) is 24.0. The summed E-state index contributed by atoms with van der Waals surface area (Å²) in [4.78, 5) is 26.2. The van der Waals surface area contributed by atoms with Gasteiger partial charge in [0.1, 0.15) is 5.75 Å². The number of carbonyl (C=O) groups excluding carboxylic acids is 2. The molecule has 2 N–H and O–H groups in total. The van der Waals surface area contributed by atoms with Crippen molar-refractivity contribution in [2.45, 2.75) is 26.2 Å². The van der Waals surface area contributed by atoms with Gasteiger partial charge < -0.3 is 20.1 Å². The van der Waals surface area contributed by atoms with Crippen LogP contribution in [0.25, 0.3) is 0 Å². The fourth-order valence-electron chi connectivity index (χ4n) is 3.35. The van der Waals surface area contributed by atoms with Crippen molar-refractivity contribution in [2.75, 3.05) is 26.2 Å². The van der Waals surface area contributed by atoms with Crippen LogP contribution in [0.5, 0.6) is 5.75 Å². The molecule has 1 aliphatic heterocycles. The lowest BCUT2D eigenvalue weighted by atomic mass is 10.1. The second kappa shape index (κ2) is 11.2. The SMILES string of the molecule is Cc1ccc(OCCCN2CC(C(=O)NCCCc3ccc(Cl)c(Cl)c3)=C(O)C2=O)cc1. The van der Waals surface area contributed by atoms with Crippen LogP contribution in [0.3, 0.4) is 0 Å². The van der Waals surface area contributed by atoms with Gasteiger partial charge >= 0.3 is 0 Å². The predicted molar refractivity (Wildman–Crippen MR) is 125 cm³/mol. The lowest BCUT2D eigenvalue weighted by Crippen LogP contribution is -2.32. The van der Waals surface area contributed by atoms with Crippen molar-refractivity contribution in [2.24, 2.45) is 0 Å². The Hall–Kier alpha value is -2.70. The number of aryl methyl sites for hydroxylation is 2. The molecule has 0 radical (unpaired) electrons. The summed E-state index contributed by atoms with van der Waals surface area (Å²) in [6.07, 6.45) is 1.99. The van der Waals surface area contributed by atoms with Crippen molar-refractivity contribution in [3.63, 3.8) is 0 Å². The number of aliphatic hydroxyl groups is 1. The van der Waals surface area contributed by atoms with E-state index in [9.17, 15) is 14.7 Å². The maximum absolute atomic E-state index is 12.4. The van der Waals surface area contributed by atoms with Crippen molar-refractivity contribution in [3.05, 3.63) is 75.0 Å². The Labute approximate surface area is 197 Å². The first-order valence-corrected chi connectivity index (χ1v) is 11.2. The van der Waals surface area contributed by atoms with Gasteiger partial charge in [0.2, 0.25) is 0 Å². The Bertz CT molecular complexity index is 1010. The summed E-state index contributed by atoms with van der Waals surface area (Å²) in [5.74, 6) is -0.665. The van der Waals surface area contributed by atoms with Crippen molar-refractivity contribution >= 4 is 35.0 Å². The van der Waals surface area contributed by atoms with Gasteiger partial charge in [-0.2, -0.15) is 0 Å². The van der Waals surface area contributed by atoms with Crippen molar-refractivity contribution in [1.82, 2.24) is 10.2 Å². The summed E-state index contributed by atoms with van der Waals surface area (Å²) in [5.41, 5.74) is 2.27. The molecule has 8 heteroatoms. The molecule has 0 bridgehead atoms. The van der Waals surface area contributed by atoms with E-state index >= 15 is 0 Å². The fourth-order valence-corrected chi connectivity index (χ4v) is 3.67. The van der Waals surface area contributed by atoms with Crippen molar-refractivity contribution in [3.8, 4) is 5.75 Å². The van der Waals surface area contributed by atoms with Gasteiger partial charge in [0.25, 0.3) is 11.8 Å². The van der Waals surface area contributed by atoms with Gasteiger partial charge in [-0.3, -0.25) is 9.59 Å². The zero-order valence-corrected chi connectivity index (χ0v) is 19.4. The zero-order chi connectivity index (χ0) is 23.1. The van der Waals surface area contributed by atoms with E-state index in [2.05, 4.69) is 5.32 Å². The molecule has 0 fully saturated rings. The topological polar surface area (TPSA) is 78.9 Å². The number of aliphatic hydroxyl groups excluding tert-OH is 1. The number of nitrogens with one attached hydrogen (secondary N) is 1. The van der Waals surface area contributed by atoms with Gasteiger partial charge in [-0.05, 0) is 56.0 Å². The number of nitrogens with zero attached hydrogens (tertiary/aromatic N) is 1. The smallest absolute Gasteiger partial charge is 0.289 e. The largest absolute Gasteiger partial charge is 0.503 e. The molecule has 170 valence electrons. The Morgan fingerprint density at radius 3 is 2.59 bits per heavy atom. The summed E-state index contributed by atoms with van der Waals surface area (Å²) in [7, 11) is 0. The van der Waals surface area contributed by atoms with Crippen LogP contribution in [0.2, 0.25) is 10.0 Å². The van der Waals surface area contributed by atoms with Gasteiger partial charge in [-0.15, -0.1) is 0 Å². The summed E-state index contributed by atoms with van der Waals surface area (Å²) < 4.78 is 5.66. The third-order valence-corrected chi connectivity index (χ3v) is 5.91. The maximum Gasteiger partial charge on any atom is 0.289 e. The van der Waals surface area contributed by atoms with E-state index in [1.165, 1.54) is 4.90 Å². The average molecular weight is 477 g/mol. The molecule has 0 unspecified atom stereocenters. The number of halogens is 2. The van der Waals surface area contributed by atoms with Crippen LogP contribution in [-0.4, -0.2) is 48.1 Å². The van der Waals surface area contributed by atoms with E-state index in [4.69, 9.17) is 27.9 Å². The Kier molecular flexibility index (Phi) is 8.42. The standard InChI is InChI=1S/C24H26Cl2N2O4/c1-16-5-8-18(9-6-16)32-13-3-12-28-15-19(22(29)24(28)31)23(30)27-11-2-4-17-7-10-20(25)21(26)14-17/h5-10,14,29H,2-4,11-13,15H2,1H3,(H,27,30). The van der Waals surface area contributed by atoms with Gasteiger partial charge in [-0.25, -0.2) is 0 Å². The van der Waals surface area contributed by atoms with Crippen LogP contribution >= 0.6 is 23.2 Å². The minimum atomic E-state index is -0.527.